The molecule has 0 bridgehead atoms. The lowest BCUT2D eigenvalue weighted by atomic mass is 9.76. The number of aromatic hydroxyl groups is 2. The topological polar surface area (TPSA) is 85.2 Å². The minimum Gasteiger partial charge on any atom is -0.507 e. The molecule has 7 heteroatoms. The highest BCUT2D eigenvalue weighted by Gasteiger charge is 2.35. The van der Waals surface area contributed by atoms with Crippen LogP contribution in [0.3, 0.4) is 0 Å². The second kappa shape index (κ2) is 14.0. The van der Waals surface area contributed by atoms with E-state index < -0.39 is 16.2 Å². The number of terminal acetylenes is 1. The van der Waals surface area contributed by atoms with Crippen LogP contribution in [0.1, 0.15) is 130 Å². The van der Waals surface area contributed by atoms with Gasteiger partial charge in [0.15, 0.2) is 11.9 Å². The van der Waals surface area contributed by atoms with E-state index >= 15 is 0 Å². The van der Waals surface area contributed by atoms with Gasteiger partial charge in [-0.05, 0) is 58.3 Å². The summed E-state index contributed by atoms with van der Waals surface area (Å²) in [7, 11) is 0. The Balaban J connectivity index is 3.00. The fourth-order valence-corrected chi connectivity index (χ4v) is 7.58. The fraction of sp³-hybridized carbons (Fsp3) is 0.553. The molecule has 2 N–H and O–H groups in total. The van der Waals surface area contributed by atoms with Crippen molar-refractivity contribution in [1.29, 1.82) is 0 Å². The highest BCUT2D eigenvalue weighted by atomic mass is 32.2. The SMILES string of the molecule is C#COOC(=C)Cc1cc(Sc2cc(CCC(=O)OCC)c(C(C)(C)C)c(O)c2C(C)(C)C)c(C(C)(C)C)c(O)c1C(C)(C)C. The molecule has 45 heavy (non-hydrogen) atoms. The summed E-state index contributed by atoms with van der Waals surface area (Å²) < 4.78 is 5.23. The van der Waals surface area contributed by atoms with Gasteiger partial charge in [0.25, 0.3) is 0 Å². The molecule has 6 nitrogen and oxygen atoms in total. The molecule has 0 saturated carbocycles. The summed E-state index contributed by atoms with van der Waals surface area (Å²) in [5.41, 5.74) is 3.33. The van der Waals surface area contributed by atoms with Gasteiger partial charge >= 0.3 is 5.97 Å². The molecule has 2 rings (SSSR count). The van der Waals surface area contributed by atoms with E-state index in [0.29, 0.717) is 18.8 Å². The Morgan fingerprint density at radius 2 is 1.22 bits per heavy atom. The third kappa shape index (κ3) is 9.39. The molecule has 0 aliphatic heterocycles. The maximum atomic E-state index is 12.4. The van der Waals surface area contributed by atoms with Gasteiger partial charge in [-0.1, -0.05) is 108 Å². The summed E-state index contributed by atoms with van der Waals surface area (Å²) in [5, 5.41) is 24.0. The van der Waals surface area contributed by atoms with E-state index in [4.69, 9.17) is 20.9 Å². The van der Waals surface area contributed by atoms with Crippen LogP contribution in [-0.4, -0.2) is 22.8 Å². The van der Waals surface area contributed by atoms with Crippen molar-refractivity contribution in [3.63, 3.8) is 0 Å². The molecule has 0 atom stereocenters. The van der Waals surface area contributed by atoms with Gasteiger partial charge < -0.3 is 14.9 Å². The number of hydrogen-bond donors (Lipinski definition) is 2. The monoisotopic (exact) mass is 638 g/mol. The third-order valence-electron chi connectivity index (χ3n) is 7.41. The maximum Gasteiger partial charge on any atom is 0.306 e. The quantitative estimate of drug-likeness (QED) is 0.0881. The number of carbonyl (C=O) groups is 1. The molecule has 0 radical (unpaired) electrons. The number of rotatable bonds is 10. The van der Waals surface area contributed by atoms with E-state index in [2.05, 4.69) is 102 Å². The van der Waals surface area contributed by atoms with Crippen LogP contribution >= 0.6 is 11.8 Å². The van der Waals surface area contributed by atoms with Crippen LogP contribution in [0, 0.1) is 12.5 Å². The molecule has 0 aliphatic carbocycles. The first kappa shape index (κ1) is 37.9. The Labute approximate surface area is 275 Å². The van der Waals surface area contributed by atoms with Crippen molar-refractivity contribution >= 4 is 17.7 Å². The third-order valence-corrected chi connectivity index (χ3v) is 8.50. The second-order valence-corrected chi connectivity index (χ2v) is 16.8. The van der Waals surface area contributed by atoms with Gasteiger partial charge in [-0.3, -0.25) is 9.68 Å². The predicted octanol–water partition coefficient (Wildman–Crippen LogP) is 9.53. The van der Waals surface area contributed by atoms with Crippen molar-refractivity contribution in [3.8, 4) is 24.0 Å². The molecule has 248 valence electrons. The first-order valence-electron chi connectivity index (χ1n) is 15.5. The first-order chi connectivity index (χ1) is 20.4. The van der Waals surface area contributed by atoms with Crippen molar-refractivity contribution in [2.45, 2.75) is 141 Å². The minimum absolute atomic E-state index is 0.204. The molecule has 2 aromatic carbocycles. The summed E-state index contributed by atoms with van der Waals surface area (Å²) in [4.78, 5) is 24.0. The zero-order valence-electron chi connectivity index (χ0n) is 29.7. The minimum atomic E-state index is -0.424. The van der Waals surface area contributed by atoms with E-state index in [0.717, 1.165) is 43.2 Å². The zero-order valence-corrected chi connectivity index (χ0v) is 30.5. The van der Waals surface area contributed by atoms with Crippen molar-refractivity contribution in [3.05, 3.63) is 57.9 Å². The van der Waals surface area contributed by atoms with E-state index in [1.807, 2.05) is 6.11 Å². The number of phenols is 2. The number of phenolic OH excluding ortho intramolecular Hbond substituents is 2. The van der Waals surface area contributed by atoms with E-state index in [1.165, 1.54) is 11.8 Å². The lowest BCUT2D eigenvalue weighted by Gasteiger charge is -2.34. The van der Waals surface area contributed by atoms with Gasteiger partial charge in [0.2, 0.25) is 0 Å². The van der Waals surface area contributed by atoms with Crippen molar-refractivity contribution in [1.82, 2.24) is 0 Å². The number of ether oxygens (including phenoxy) is 1. The highest BCUT2D eigenvalue weighted by molar-refractivity contribution is 7.99. The number of aryl methyl sites for hydroxylation is 1. The Morgan fingerprint density at radius 3 is 1.62 bits per heavy atom. The Kier molecular flexibility index (Phi) is 11.8. The Morgan fingerprint density at radius 1 is 0.800 bits per heavy atom. The van der Waals surface area contributed by atoms with Crippen LogP contribution in [0.2, 0.25) is 0 Å². The average molecular weight is 639 g/mol. The lowest BCUT2D eigenvalue weighted by Crippen LogP contribution is -2.22. The summed E-state index contributed by atoms with van der Waals surface area (Å²) in [6.45, 7) is 31.0. The number of hydrogen-bond acceptors (Lipinski definition) is 7. The maximum absolute atomic E-state index is 12.4. The van der Waals surface area contributed by atoms with Gasteiger partial charge in [-0.25, -0.2) is 4.89 Å². The van der Waals surface area contributed by atoms with Crippen LogP contribution in [0.4, 0.5) is 0 Å². The molecular formula is C38H54O6S. The summed E-state index contributed by atoms with van der Waals surface area (Å²) >= 11 is 1.51. The van der Waals surface area contributed by atoms with Crippen LogP contribution in [-0.2, 0) is 53.8 Å². The number of allylic oxidation sites excluding steroid dienone is 1. The van der Waals surface area contributed by atoms with Gasteiger partial charge in [0.1, 0.15) is 11.5 Å². The smallest absolute Gasteiger partial charge is 0.306 e. The molecule has 0 fully saturated rings. The van der Waals surface area contributed by atoms with Gasteiger partial charge in [-0.2, -0.15) is 0 Å². The molecule has 2 aromatic rings. The van der Waals surface area contributed by atoms with Gasteiger partial charge in [0, 0.05) is 44.9 Å². The molecule has 0 spiro atoms. The van der Waals surface area contributed by atoms with Crippen LogP contribution in [0.15, 0.2) is 34.3 Å². The predicted molar refractivity (Wildman–Crippen MR) is 184 cm³/mol. The summed E-state index contributed by atoms with van der Waals surface area (Å²) in [6, 6.07) is 4.18. The molecule has 0 heterocycles. The van der Waals surface area contributed by atoms with E-state index in [-0.39, 0.29) is 35.7 Å². The molecule has 0 unspecified atom stereocenters. The van der Waals surface area contributed by atoms with Crippen LogP contribution in [0.5, 0.6) is 11.5 Å². The molecular weight excluding hydrogens is 584 g/mol. The fourth-order valence-electron chi connectivity index (χ4n) is 5.93. The Bertz CT molecular complexity index is 1450. The normalized spacial score (nSPS) is 12.4. The van der Waals surface area contributed by atoms with E-state index in [1.54, 1.807) is 6.92 Å². The second-order valence-electron chi connectivity index (χ2n) is 15.7. The number of carbonyl (C=O) groups excluding carboxylic acids is 1. The Hall–Kier alpha value is -3.24. The average Bonchev–Trinajstić information content (AvgIpc) is 2.82. The highest BCUT2D eigenvalue weighted by Crippen LogP contribution is 2.52. The standard InChI is InChI=1S/C38H54O6S/c1-16-42-28(39)19-18-24-21-26(31(37(10,11)12)33(40)29(24)35(4,5)6)45-27-22-25(20-23(3)44-43-17-2)30(36(7,8)9)34(41)32(27)38(13,14)15/h2,21-22,40-41H,3,16,18-20H2,1,4-15H3. The largest absolute Gasteiger partial charge is 0.507 e. The molecule has 0 saturated heterocycles. The van der Waals surface area contributed by atoms with Crippen LogP contribution < -0.4 is 0 Å². The van der Waals surface area contributed by atoms with Crippen LogP contribution in [0.25, 0.3) is 0 Å². The zero-order chi connectivity index (χ0) is 34.7. The van der Waals surface area contributed by atoms with Crippen molar-refractivity contribution in [2.75, 3.05) is 6.61 Å². The van der Waals surface area contributed by atoms with E-state index in [9.17, 15) is 15.0 Å². The summed E-state index contributed by atoms with van der Waals surface area (Å²) in [5.74, 6) is 0.488. The molecule has 0 aliphatic rings. The number of esters is 1. The summed E-state index contributed by atoms with van der Waals surface area (Å²) in [6.07, 6.45) is 8.10. The van der Waals surface area contributed by atoms with Crippen molar-refractivity contribution < 1.29 is 29.5 Å². The molecule has 0 aromatic heterocycles. The van der Waals surface area contributed by atoms with Gasteiger partial charge in [-0.15, -0.1) is 0 Å². The molecule has 0 amide bonds. The lowest BCUT2D eigenvalue weighted by molar-refractivity contribution is -0.198. The van der Waals surface area contributed by atoms with Crippen molar-refractivity contribution in [2.24, 2.45) is 0 Å². The first-order valence-corrected chi connectivity index (χ1v) is 16.4. The number of benzene rings is 2. The van der Waals surface area contributed by atoms with Gasteiger partial charge in [0.05, 0.1) is 6.61 Å².